The van der Waals surface area contributed by atoms with Crippen LogP contribution < -0.4 is 4.90 Å². The van der Waals surface area contributed by atoms with E-state index in [1.807, 2.05) is 30.9 Å². The summed E-state index contributed by atoms with van der Waals surface area (Å²) in [5.41, 5.74) is 3.08. The zero-order valence-corrected chi connectivity index (χ0v) is 13.1. The lowest BCUT2D eigenvalue weighted by Gasteiger charge is -2.27. The standard InChI is InChI=1S/C16H17N5O2/c1-11-14(10-18-19(11)2)16-4-3-7-20(16)13-5-6-15(21(22)23)12(8-13)9-17/h5-6,8,10,16H,3-4,7H2,1-2H3. The molecule has 0 radical (unpaired) electrons. The van der Waals surface area contributed by atoms with Crippen molar-refractivity contribution in [3.05, 3.63) is 51.3 Å². The van der Waals surface area contributed by atoms with Crippen LogP contribution in [0.25, 0.3) is 0 Å². The molecule has 1 fully saturated rings. The molecule has 118 valence electrons. The van der Waals surface area contributed by atoms with E-state index in [4.69, 9.17) is 0 Å². The van der Waals surface area contributed by atoms with Crippen molar-refractivity contribution in [3.63, 3.8) is 0 Å². The Balaban J connectivity index is 1.99. The molecule has 7 heteroatoms. The second kappa shape index (κ2) is 5.72. The first-order valence-corrected chi connectivity index (χ1v) is 7.46. The monoisotopic (exact) mass is 311 g/mol. The van der Waals surface area contributed by atoms with Crippen LogP contribution in [0.1, 0.15) is 35.7 Å². The van der Waals surface area contributed by atoms with Crippen molar-refractivity contribution in [3.8, 4) is 6.07 Å². The summed E-state index contributed by atoms with van der Waals surface area (Å²) < 4.78 is 1.85. The Morgan fingerprint density at radius 2 is 2.26 bits per heavy atom. The van der Waals surface area contributed by atoms with Crippen molar-refractivity contribution in [1.82, 2.24) is 9.78 Å². The number of nitrogens with zero attached hydrogens (tertiary/aromatic N) is 5. The third kappa shape index (κ3) is 2.52. The molecule has 1 atom stereocenters. The molecule has 1 aromatic carbocycles. The molecule has 1 aromatic heterocycles. The molecule has 0 amide bonds. The van der Waals surface area contributed by atoms with Crippen LogP contribution in [-0.2, 0) is 7.05 Å². The fraction of sp³-hybridized carbons (Fsp3) is 0.375. The summed E-state index contributed by atoms with van der Waals surface area (Å²) in [6, 6.07) is 6.87. The maximum absolute atomic E-state index is 11.0. The van der Waals surface area contributed by atoms with Gasteiger partial charge in [-0.15, -0.1) is 0 Å². The fourth-order valence-corrected chi connectivity index (χ4v) is 3.19. The summed E-state index contributed by atoms with van der Waals surface area (Å²) in [6.45, 7) is 2.90. The lowest BCUT2D eigenvalue weighted by molar-refractivity contribution is -0.385. The van der Waals surface area contributed by atoms with Crippen LogP contribution in [0.5, 0.6) is 0 Å². The van der Waals surface area contributed by atoms with E-state index in [1.165, 1.54) is 11.6 Å². The Labute approximate surface area is 133 Å². The van der Waals surface area contributed by atoms with Gasteiger partial charge < -0.3 is 4.90 Å². The van der Waals surface area contributed by atoms with Gasteiger partial charge in [0.25, 0.3) is 5.69 Å². The van der Waals surface area contributed by atoms with Gasteiger partial charge in [-0.1, -0.05) is 0 Å². The number of nitriles is 1. The van der Waals surface area contributed by atoms with Crippen molar-refractivity contribution < 1.29 is 4.92 Å². The molecule has 0 N–H and O–H groups in total. The Hall–Kier alpha value is -2.88. The molecule has 0 spiro atoms. The Morgan fingerprint density at radius 1 is 1.48 bits per heavy atom. The van der Waals surface area contributed by atoms with Crippen molar-refractivity contribution in [2.45, 2.75) is 25.8 Å². The van der Waals surface area contributed by atoms with E-state index in [2.05, 4.69) is 10.00 Å². The predicted octanol–water partition coefficient (Wildman–Crippen LogP) is 2.85. The van der Waals surface area contributed by atoms with E-state index in [1.54, 1.807) is 12.1 Å². The largest absolute Gasteiger partial charge is 0.364 e. The summed E-state index contributed by atoms with van der Waals surface area (Å²) in [5.74, 6) is 0. The highest BCUT2D eigenvalue weighted by Crippen LogP contribution is 2.38. The van der Waals surface area contributed by atoms with E-state index in [9.17, 15) is 15.4 Å². The van der Waals surface area contributed by atoms with Gasteiger partial charge in [-0.05, 0) is 31.9 Å². The first-order chi connectivity index (χ1) is 11.0. The van der Waals surface area contributed by atoms with Gasteiger partial charge in [0.2, 0.25) is 0 Å². The highest BCUT2D eigenvalue weighted by molar-refractivity contribution is 5.61. The van der Waals surface area contributed by atoms with Crippen molar-refractivity contribution in [1.29, 1.82) is 5.26 Å². The maximum Gasteiger partial charge on any atom is 0.287 e. The van der Waals surface area contributed by atoms with Gasteiger partial charge in [0.15, 0.2) is 0 Å². The zero-order chi connectivity index (χ0) is 16.6. The second-order valence-corrected chi connectivity index (χ2v) is 5.73. The van der Waals surface area contributed by atoms with Gasteiger partial charge in [0, 0.05) is 36.6 Å². The second-order valence-electron chi connectivity index (χ2n) is 5.73. The third-order valence-corrected chi connectivity index (χ3v) is 4.51. The minimum absolute atomic E-state index is 0.0982. The average molecular weight is 311 g/mol. The van der Waals surface area contributed by atoms with Crippen molar-refractivity contribution in [2.24, 2.45) is 7.05 Å². The topological polar surface area (TPSA) is 88.0 Å². The van der Waals surface area contributed by atoms with E-state index in [0.717, 1.165) is 30.8 Å². The van der Waals surface area contributed by atoms with Crippen LogP contribution in [0, 0.1) is 28.4 Å². The summed E-state index contributed by atoms with van der Waals surface area (Å²) in [6.07, 6.45) is 3.93. The third-order valence-electron chi connectivity index (χ3n) is 4.51. The molecule has 1 saturated heterocycles. The summed E-state index contributed by atoms with van der Waals surface area (Å²) in [7, 11) is 1.91. The smallest absolute Gasteiger partial charge is 0.287 e. The number of benzene rings is 1. The summed E-state index contributed by atoms with van der Waals surface area (Å²) in [4.78, 5) is 12.7. The fourth-order valence-electron chi connectivity index (χ4n) is 3.19. The molecule has 2 heterocycles. The molecule has 0 bridgehead atoms. The molecule has 0 aliphatic carbocycles. The van der Waals surface area contributed by atoms with Gasteiger partial charge in [0.1, 0.15) is 11.6 Å². The molecular formula is C16H17N5O2. The van der Waals surface area contributed by atoms with E-state index in [0.29, 0.717) is 0 Å². The number of aryl methyl sites for hydroxylation is 1. The zero-order valence-electron chi connectivity index (χ0n) is 13.1. The van der Waals surface area contributed by atoms with Crippen LogP contribution in [0.3, 0.4) is 0 Å². The minimum atomic E-state index is -0.519. The highest BCUT2D eigenvalue weighted by Gasteiger charge is 2.29. The van der Waals surface area contributed by atoms with E-state index in [-0.39, 0.29) is 17.3 Å². The molecule has 3 rings (SSSR count). The number of hydrogen-bond donors (Lipinski definition) is 0. The summed E-state index contributed by atoms with van der Waals surface area (Å²) in [5, 5.41) is 24.5. The van der Waals surface area contributed by atoms with Gasteiger partial charge in [-0.2, -0.15) is 10.4 Å². The van der Waals surface area contributed by atoms with E-state index >= 15 is 0 Å². The lowest BCUT2D eigenvalue weighted by Crippen LogP contribution is -2.23. The van der Waals surface area contributed by atoms with Crippen molar-refractivity contribution >= 4 is 11.4 Å². The van der Waals surface area contributed by atoms with Crippen molar-refractivity contribution in [2.75, 3.05) is 11.4 Å². The van der Waals surface area contributed by atoms with Gasteiger partial charge >= 0.3 is 0 Å². The molecule has 2 aromatic rings. The number of nitro groups is 1. The normalized spacial score (nSPS) is 17.3. The van der Waals surface area contributed by atoms with Crippen LogP contribution in [0.15, 0.2) is 24.4 Å². The highest BCUT2D eigenvalue weighted by atomic mass is 16.6. The predicted molar refractivity (Wildman–Crippen MR) is 85.1 cm³/mol. The number of anilines is 1. The number of hydrogen-bond acceptors (Lipinski definition) is 5. The summed E-state index contributed by atoms with van der Waals surface area (Å²) >= 11 is 0. The van der Waals surface area contributed by atoms with Crippen LogP contribution >= 0.6 is 0 Å². The lowest BCUT2D eigenvalue weighted by atomic mass is 10.0. The van der Waals surface area contributed by atoms with Gasteiger partial charge in [-0.3, -0.25) is 14.8 Å². The number of rotatable bonds is 3. The first kappa shape index (κ1) is 15.0. The van der Waals surface area contributed by atoms with Gasteiger partial charge in [-0.25, -0.2) is 0 Å². The first-order valence-electron chi connectivity index (χ1n) is 7.46. The Morgan fingerprint density at radius 3 is 2.87 bits per heavy atom. The molecule has 23 heavy (non-hydrogen) atoms. The van der Waals surface area contributed by atoms with Crippen LogP contribution in [0.2, 0.25) is 0 Å². The molecular weight excluding hydrogens is 294 g/mol. The number of aromatic nitrogens is 2. The van der Waals surface area contributed by atoms with Gasteiger partial charge in [0.05, 0.1) is 17.2 Å². The maximum atomic E-state index is 11.0. The Bertz CT molecular complexity index is 805. The quantitative estimate of drug-likeness (QED) is 0.642. The minimum Gasteiger partial charge on any atom is -0.364 e. The van der Waals surface area contributed by atoms with E-state index < -0.39 is 4.92 Å². The SMILES string of the molecule is Cc1c(C2CCCN2c2ccc([N+](=O)[O-])c(C#N)c2)cnn1C. The van der Waals surface area contributed by atoms with Crippen LogP contribution in [0.4, 0.5) is 11.4 Å². The average Bonchev–Trinajstić information content (AvgIpc) is 3.14. The molecule has 1 aliphatic heterocycles. The number of nitro benzene ring substituents is 1. The molecule has 1 aliphatic rings. The Kier molecular flexibility index (Phi) is 3.74. The molecule has 0 saturated carbocycles. The molecule has 7 nitrogen and oxygen atoms in total. The molecule has 1 unspecified atom stereocenters. The van der Waals surface area contributed by atoms with Crippen LogP contribution in [-0.4, -0.2) is 21.2 Å².